The third-order valence-corrected chi connectivity index (χ3v) is 3.05. The van der Waals surface area contributed by atoms with Crippen LogP contribution in [0.3, 0.4) is 0 Å². The summed E-state index contributed by atoms with van der Waals surface area (Å²) in [5.41, 5.74) is 2.32. The van der Waals surface area contributed by atoms with Crippen LogP contribution in [0.5, 0.6) is 5.75 Å². The fourth-order valence-corrected chi connectivity index (χ4v) is 1.73. The first-order valence-corrected chi connectivity index (χ1v) is 5.02. The van der Waals surface area contributed by atoms with Gasteiger partial charge in [-0.2, -0.15) is 0 Å². The van der Waals surface area contributed by atoms with Crippen molar-refractivity contribution in [1.82, 2.24) is 0 Å². The molecule has 1 aromatic carbocycles. The average Bonchev–Trinajstić information content (AvgIpc) is 2.86. The Morgan fingerprint density at radius 3 is 2.36 bits per heavy atom. The van der Waals surface area contributed by atoms with Crippen LogP contribution < -0.4 is 0 Å². The first-order valence-electron chi connectivity index (χ1n) is 5.02. The first-order chi connectivity index (χ1) is 6.52. The Balaban J connectivity index is 2.35. The number of phenolic OH excluding ortho intramolecular Hbond substituents is 1. The van der Waals surface area contributed by atoms with Crippen LogP contribution in [-0.4, -0.2) is 15.8 Å². The van der Waals surface area contributed by atoms with E-state index in [-0.39, 0.29) is 0 Å². The SMILES string of the molecule is Cc1ccc(C)c(CC2(O)CC2)c1O. The normalized spacial score (nSPS) is 18.2. The number of phenols is 1. The quantitative estimate of drug-likeness (QED) is 0.753. The molecule has 0 unspecified atom stereocenters. The molecular formula is C12H16O2. The van der Waals surface area contributed by atoms with Crippen molar-refractivity contribution in [2.24, 2.45) is 0 Å². The highest BCUT2D eigenvalue weighted by Crippen LogP contribution is 2.41. The summed E-state index contributed by atoms with van der Waals surface area (Å²) in [6, 6.07) is 3.90. The van der Waals surface area contributed by atoms with Crippen molar-refractivity contribution in [2.75, 3.05) is 0 Å². The Morgan fingerprint density at radius 2 is 1.79 bits per heavy atom. The third-order valence-electron chi connectivity index (χ3n) is 3.05. The highest BCUT2D eigenvalue weighted by molar-refractivity contribution is 5.45. The van der Waals surface area contributed by atoms with Crippen molar-refractivity contribution >= 4 is 0 Å². The fourth-order valence-electron chi connectivity index (χ4n) is 1.73. The van der Waals surface area contributed by atoms with Gasteiger partial charge in [0.05, 0.1) is 5.60 Å². The van der Waals surface area contributed by atoms with Gasteiger partial charge in [0.15, 0.2) is 0 Å². The summed E-state index contributed by atoms with van der Waals surface area (Å²) in [4.78, 5) is 0. The molecule has 0 aromatic heterocycles. The molecule has 1 aromatic rings. The van der Waals surface area contributed by atoms with E-state index in [9.17, 15) is 10.2 Å². The number of hydrogen-bond donors (Lipinski definition) is 2. The molecular weight excluding hydrogens is 176 g/mol. The van der Waals surface area contributed by atoms with Crippen LogP contribution >= 0.6 is 0 Å². The second-order valence-electron chi connectivity index (χ2n) is 4.43. The van der Waals surface area contributed by atoms with Crippen molar-refractivity contribution in [3.63, 3.8) is 0 Å². The Morgan fingerprint density at radius 1 is 1.21 bits per heavy atom. The summed E-state index contributed by atoms with van der Waals surface area (Å²) in [5.74, 6) is 0.352. The Hall–Kier alpha value is -1.02. The maximum Gasteiger partial charge on any atom is 0.122 e. The van der Waals surface area contributed by atoms with Crippen LogP contribution in [0.25, 0.3) is 0 Å². The van der Waals surface area contributed by atoms with Gasteiger partial charge in [0.1, 0.15) is 5.75 Å². The molecule has 0 atom stereocenters. The highest BCUT2D eigenvalue weighted by Gasteiger charge is 2.41. The van der Waals surface area contributed by atoms with Gasteiger partial charge >= 0.3 is 0 Å². The predicted molar refractivity (Wildman–Crippen MR) is 55.5 cm³/mol. The van der Waals surface area contributed by atoms with Crippen LogP contribution in [0.2, 0.25) is 0 Å². The van der Waals surface area contributed by atoms with Gasteiger partial charge in [0.25, 0.3) is 0 Å². The number of aliphatic hydroxyl groups is 1. The number of hydrogen-bond acceptors (Lipinski definition) is 2. The van der Waals surface area contributed by atoms with Gasteiger partial charge < -0.3 is 10.2 Å². The third kappa shape index (κ3) is 1.62. The molecule has 2 rings (SSSR count). The van der Waals surface area contributed by atoms with Gasteiger partial charge in [0.2, 0.25) is 0 Å². The summed E-state index contributed by atoms with van der Waals surface area (Å²) in [5, 5.41) is 19.7. The molecule has 2 nitrogen and oxygen atoms in total. The van der Waals surface area contributed by atoms with Crippen molar-refractivity contribution < 1.29 is 10.2 Å². The summed E-state index contributed by atoms with van der Waals surface area (Å²) in [6.45, 7) is 3.86. The lowest BCUT2D eigenvalue weighted by atomic mass is 9.98. The van der Waals surface area contributed by atoms with E-state index in [1.807, 2.05) is 26.0 Å². The molecule has 0 aliphatic heterocycles. The Bertz CT molecular complexity index is 365. The second-order valence-corrected chi connectivity index (χ2v) is 4.43. The maximum atomic E-state index is 9.86. The van der Waals surface area contributed by atoms with E-state index in [2.05, 4.69) is 0 Å². The molecule has 1 saturated carbocycles. The van der Waals surface area contributed by atoms with E-state index < -0.39 is 5.60 Å². The van der Waals surface area contributed by atoms with Gasteiger partial charge in [-0.3, -0.25) is 0 Å². The first kappa shape index (κ1) is 9.53. The maximum absolute atomic E-state index is 9.86. The summed E-state index contributed by atoms with van der Waals surface area (Å²) in [6.07, 6.45) is 2.31. The number of aromatic hydroxyl groups is 1. The van der Waals surface area contributed by atoms with Gasteiger partial charge in [-0.1, -0.05) is 12.1 Å². The van der Waals surface area contributed by atoms with Gasteiger partial charge in [-0.25, -0.2) is 0 Å². The lowest BCUT2D eigenvalue weighted by molar-refractivity contribution is 0.149. The number of rotatable bonds is 2. The van der Waals surface area contributed by atoms with E-state index in [0.29, 0.717) is 12.2 Å². The number of aryl methyl sites for hydroxylation is 2. The molecule has 0 bridgehead atoms. The molecule has 1 aliphatic carbocycles. The average molecular weight is 192 g/mol. The van der Waals surface area contributed by atoms with E-state index in [4.69, 9.17) is 0 Å². The van der Waals surface area contributed by atoms with E-state index in [1.54, 1.807) is 0 Å². The Kier molecular flexibility index (Phi) is 2.04. The minimum absolute atomic E-state index is 0.352. The molecule has 0 heterocycles. The fraction of sp³-hybridized carbons (Fsp3) is 0.500. The smallest absolute Gasteiger partial charge is 0.122 e. The molecule has 14 heavy (non-hydrogen) atoms. The van der Waals surface area contributed by atoms with Gasteiger partial charge in [-0.05, 0) is 43.4 Å². The molecule has 2 heteroatoms. The summed E-state index contributed by atoms with van der Waals surface area (Å²) in [7, 11) is 0. The lowest BCUT2D eigenvalue weighted by Crippen LogP contribution is -2.12. The topological polar surface area (TPSA) is 40.5 Å². The summed E-state index contributed by atoms with van der Waals surface area (Å²) < 4.78 is 0. The van der Waals surface area contributed by atoms with Gasteiger partial charge in [-0.15, -0.1) is 0 Å². The molecule has 76 valence electrons. The van der Waals surface area contributed by atoms with Crippen LogP contribution in [0.1, 0.15) is 29.5 Å². The van der Waals surface area contributed by atoms with Crippen molar-refractivity contribution in [3.05, 3.63) is 28.8 Å². The van der Waals surface area contributed by atoms with Crippen molar-refractivity contribution in [2.45, 2.75) is 38.7 Å². The molecule has 0 radical (unpaired) electrons. The highest BCUT2D eigenvalue weighted by atomic mass is 16.3. The second kappa shape index (κ2) is 2.99. The van der Waals surface area contributed by atoms with E-state index in [1.165, 1.54) is 0 Å². The van der Waals surface area contributed by atoms with E-state index in [0.717, 1.165) is 29.5 Å². The molecule has 1 aliphatic rings. The van der Waals surface area contributed by atoms with Crippen LogP contribution in [-0.2, 0) is 6.42 Å². The zero-order chi connectivity index (χ0) is 10.3. The molecule has 0 amide bonds. The van der Waals surface area contributed by atoms with E-state index >= 15 is 0 Å². The monoisotopic (exact) mass is 192 g/mol. The molecule has 0 saturated heterocycles. The van der Waals surface area contributed by atoms with Crippen LogP contribution in [0.15, 0.2) is 12.1 Å². The molecule has 1 fully saturated rings. The largest absolute Gasteiger partial charge is 0.507 e. The Labute approximate surface area is 84.2 Å². The zero-order valence-corrected chi connectivity index (χ0v) is 8.67. The zero-order valence-electron chi connectivity index (χ0n) is 8.67. The molecule has 0 spiro atoms. The number of benzene rings is 1. The lowest BCUT2D eigenvalue weighted by Gasteiger charge is -2.13. The minimum atomic E-state index is -0.532. The van der Waals surface area contributed by atoms with Crippen LogP contribution in [0.4, 0.5) is 0 Å². The standard InChI is InChI=1S/C12H16O2/c1-8-3-4-9(2)11(13)10(8)7-12(14)5-6-12/h3-4,13-14H,5-7H2,1-2H3. The van der Waals surface area contributed by atoms with Crippen molar-refractivity contribution in [3.8, 4) is 5.75 Å². The van der Waals surface area contributed by atoms with Crippen molar-refractivity contribution in [1.29, 1.82) is 0 Å². The summed E-state index contributed by atoms with van der Waals surface area (Å²) >= 11 is 0. The van der Waals surface area contributed by atoms with Gasteiger partial charge in [0, 0.05) is 6.42 Å². The predicted octanol–water partition coefficient (Wildman–Crippen LogP) is 2.08. The van der Waals surface area contributed by atoms with Crippen LogP contribution in [0, 0.1) is 13.8 Å². The minimum Gasteiger partial charge on any atom is -0.507 e. The molecule has 2 N–H and O–H groups in total.